The minimum Gasteiger partial charge on any atom is -0.497 e. The molecule has 2 aromatic carbocycles. The van der Waals surface area contributed by atoms with Crippen LogP contribution < -0.4 is 19.7 Å². The molecule has 8 heteroatoms. The summed E-state index contributed by atoms with van der Waals surface area (Å²) in [5.41, 5.74) is 2.90. The van der Waals surface area contributed by atoms with Crippen molar-refractivity contribution in [1.29, 1.82) is 0 Å². The largest absolute Gasteiger partial charge is 0.497 e. The molecule has 1 aliphatic heterocycles. The summed E-state index contributed by atoms with van der Waals surface area (Å²) in [5, 5.41) is 3.23. The van der Waals surface area contributed by atoms with Crippen molar-refractivity contribution >= 4 is 17.3 Å². The highest BCUT2D eigenvalue weighted by molar-refractivity contribution is 5.62. The molecule has 0 aliphatic carbocycles. The quantitative estimate of drug-likeness (QED) is 0.684. The van der Waals surface area contributed by atoms with Gasteiger partial charge in [-0.25, -0.2) is 0 Å². The van der Waals surface area contributed by atoms with Gasteiger partial charge in [-0.15, -0.1) is 0 Å². The van der Waals surface area contributed by atoms with E-state index in [-0.39, 0.29) is 6.01 Å². The van der Waals surface area contributed by atoms with Crippen molar-refractivity contribution in [3.8, 4) is 23.1 Å². The number of hydrogen-bond donors (Lipinski definition) is 1. The minimum absolute atomic E-state index is 0.248. The molecule has 0 atom stereocenters. The lowest BCUT2D eigenvalue weighted by atomic mass is 10.2. The Bertz CT molecular complexity index is 942. The molecule has 1 aliphatic rings. The van der Waals surface area contributed by atoms with Gasteiger partial charge in [0, 0.05) is 30.0 Å². The standard InChI is InChI=1S/C21H23N5O3/c1-27-18-9-3-15(4-10-18)19-23-20(25-21(24-19)28-2)22-16-5-7-17(8-6-16)26-11-13-29-14-12-26/h3-10H,11-14H2,1-2H3,(H,22,23,24,25). The summed E-state index contributed by atoms with van der Waals surface area (Å²) in [6.07, 6.45) is 0. The molecule has 0 amide bonds. The Balaban J connectivity index is 1.54. The molecule has 1 aromatic heterocycles. The van der Waals surface area contributed by atoms with Crippen molar-refractivity contribution in [2.45, 2.75) is 0 Å². The Morgan fingerprint density at radius 2 is 1.59 bits per heavy atom. The predicted molar refractivity (Wildman–Crippen MR) is 111 cm³/mol. The van der Waals surface area contributed by atoms with E-state index in [1.165, 1.54) is 12.8 Å². The lowest BCUT2D eigenvalue weighted by Gasteiger charge is -2.28. The summed E-state index contributed by atoms with van der Waals surface area (Å²) in [5.74, 6) is 1.71. The van der Waals surface area contributed by atoms with Crippen LogP contribution in [0.5, 0.6) is 11.8 Å². The number of nitrogens with zero attached hydrogens (tertiary/aromatic N) is 4. The second-order valence-corrected chi connectivity index (χ2v) is 6.47. The summed E-state index contributed by atoms with van der Waals surface area (Å²) in [6.45, 7) is 3.34. The zero-order valence-corrected chi connectivity index (χ0v) is 16.5. The molecule has 0 saturated carbocycles. The molecule has 1 N–H and O–H groups in total. The van der Waals surface area contributed by atoms with Crippen LogP contribution in [-0.4, -0.2) is 55.5 Å². The van der Waals surface area contributed by atoms with Crippen molar-refractivity contribution in [2.75, 3.05) is 50.7 Å². The van der Waals surface area contributed by atoms with Crippen LogP contribution in [0.3, 0.4) is 0 Å². The lowest BCUT2D eigenvalue weighted by molar-refractivity contribution is 0.122. The van der Waals surface area contributed by atoms with Gasteiger partial charge in [0.1, 0.15) is 5.75 Å². The maximum atomic E-state index is 5.41. The fourth-order valence-electron chi connectivity index (χ4n) is 3.08. The van der Waals surface area contributed by atoms with E-state index in [1.807, 2.05) is 36.4 Å². The third kappa shape index (κ3) is 4.55. The number of hydrogen-bond acceptors (Lipinski definition) is 8. The summed E-state index contributed by atoms with van der Waals surface area (Å²) < 4.78 is 15.9. The number of morpholine rings is 1. The molecule has 29 heavy (non-hydrogen) atoms. The van der Waals surface area contributed by atoms with Crippen LogP contribution in [0.4, 0.5) is 17.3 Å². The molecule has 0 bridgehead atoms. The average Bonchev–Trinajstić information content (AvgIpc) is 2.80. The van der Waals surface area contributed by atoms with Gasteiger partial charge in [-0.2, -0.15) is 15.0 Å². The van der Waals surface area contributed by atoms with Crippen LogP contribution in [0.1, 0.15) is 0 Å². The minimum atomic E-state index is 0.248. The first-order chi connectivity index (χ1) is 14.2. The van der Waals surface area contributed by atoms with Crippen molar-refractivity contribution in [3.63, 3.8) is 0 Å². The van der Waals surface area contributed by atoms with E-state index in [9.17, 15) is 0 Å². The summed E-state index contributed by atoms with van der Waals surface area (Å²) in [7, 11) is 3.17. The Morgan fingerprint density at radius 1 is 0.862 bits per heavy atom. The number of benzene rings is 2. The van der Waals surface area contributed by atoms with E-state index in [4.69, 9.17) is 14.2 Å². The Kier molecular flexibility index (Phi) is 5.71. The van der Waals surface area contributed by atoms with Crippen LogP contribution in [0.2, 0.25) is 0 Å². The van der Waals surface area contributed by atoms with Crippen LogP contribution in [0.25, 0.3) is 11.4 Å². The van der Waals surface area contributed by atoms with Crippen LogP contribution in [0, 0.1) is 0 Å². The van der Waals surface area contributed by atoms with Gasteiger partial charge in [-0.1, -0.05) is 0 Å². The summed E-state index contributed by atoms with van der Waals surface area (Å²) in [6, 6.07) is 15.9. The van der Waals surface area contributed by atoms with Gasteiger partial charge in [0.25, 0.3) is 0 Å². The first-order valence-electron chi connectivity index (χ1n) is 9.39. The van der Waals surface area contributed by atoms with E-state index < -0.39 is 0 Å². The van der Waals surface area contributed by atoms with Crippen molar-refractivity contribution in [1.82, 2.24) is 15.0 Å². The fourth-order valence-corrected chi connectivity index (χ4v) is 3.08. The van der Waals surface area contributed by atoms with E-state index in [0.29, 0.717) is 11.8 Å². The average molecular weight is 393 g/mol. The van der Waals surface area contributed by atoms with Gasteiger partial charge in [-0.05, 0) is 48.5 Å². The third-order valence-corrected chi connectivity index (χ3v) is 4.65. The van der Waals surface area contributed by atoms with Crippen molar-refractivity contribution in [3.05, 3.63) is 48.5 Å². The highest BCUT2D eigenvalue weighted by atomic mass is 16.5. The number of rotatable bonds is 6. The molecule has 2 heterocycles. The zero-order chi connectivity index (χ0) is 20.1. The van der Waals surface area contributed by atoms with Gasteiger partial charge in [-0.3, -0.25) is 0 Å². The molecule has 1 saturated heterocycles. The smallest absolute Gasteiger partial charge is 0.321 e. The first kappa shape index (κ1) is 18.9. The van der Waals surface area contributed by atoms with Gasteiger partial charge in [0.15, 0.2) is 5.82 Å². The number of anilines is 3. The zero-order valence-electron chi connectivity index (χ0n) is 16.5. The van der Waals surface area contributed by atoms with Crippen LogP contribution >= 0.6 is 0 Å². The molecule has 1 fully saturated rings. The monoisotopic (exact) mass is 393 g/mol. The molecular formula is C21H23N5O3. The highest BCUT2D eigenvalue weighted by Gasteiger charge is 2.12. The SMILES string of the molecule is COc1ccc(-c2nc(Nc3ccc(N4CCOCC4)cc3)nc(OC)n2)cc1. The highest BCUT2D eigenvalue weighted by Crippen LogP contribution is 2.24. The van der Waals surface area contributed by atoms with Gasteiger partial charge in [0.2, 0.25) is 5.95 Å². The third-order valence-electron chi connectivity index (χ3n) is 4.65. The Labute approximate surface area is 169 Å². The Hall–Kier alpha value is -3.39. The molecule has 8 nitrogen and oxygen atoms in total. The molecule has 4 rings (SSSR count). The van der Waals surface area contributed by atoms with Crippen LogP contribution in [0.15, 0.2) is 48.5 Å². The molecule has 0 spiro atoms. The second-order valence-electron chi connectivity index (χ2n) is 6.47. The molecule has 0 radical (unpaired) electrons. The maximum absolute atomic E-state index is 5.41. The van der Waals surface area contributed by atoms with Gasteiger partial charge >= 0.3 is 6.01 Å². The van der Waals surface area contributed by atoms with Gasteiger partial charge < -0.3 is 24.4 Å². The van der Waals surface area contributed by atoms with Crippen LogP contribution in [-0.2, 0) is 4.74 Å². The van der Waals surface area contributed by atoms with Crippen molar-refractivity contribution in [2.24, 2.45) is 0 Å². The number of aromatic nitrogens is 3. The van der Waals surface area contributed by atoms with E-state index in [1.54, 1.807) is 7.11 Å². The van der Waals surface area contributed by atoms with Crippen molar-refractivity contribution < 1.29 is 14.2 Å². The first-order valence-corrected chi connectivity index (χ1v) is 9.39. The van der Waals surface area contributed by atoms with Gasteiger partial charge in [0.05, 0.1) is 27.4 Å². The number of nitrogens with one attached hydrogen (secondary N) is 1. The molecular weight excluding hydrogens is 370 g/mol. The lowest BCUT2D eigenvalue weighted by Crippen LogP contribution is -2.36. The maximum Gasteiger partial charge on any atom is 0.321 e. The van der Waals surface area contributed by atoms with E-state index >= 15 is 0 Å². The van der Waals surface area contributed by atoms with E-state index in [2.05, 4.69) is 37.3 Å². The summed E-state index contributed by atoms with van der Waals surface area (Å²) >= 11 is 0. The normalized spacial score (nSPS) is 13.8. The molecule has 3 aromatic rings. The molecule has 150 valence electrons. The Morgan fingerprint density at radius 3 is 2.24 bits per heavy atom. The molecule has 0 unspecified atom stereocenters. The van der Waals surface area contributed by atoms with E-state index in [0.717, 1.165) is 43.3 Å². The number of methoxy groups -OCH3 is 2. The fraction of sp³-hybridized carbons (Fsp3) is 0.286. The number of ether oxygens (including phenoxy) is 3. The second kappa shape index (κ2) is 8.74. The summed E-state index contributed by atoms with van der Waals surface area (Å²) in [4.78, 5) is 15.5. The topological polar surface area (TPSA) is 81.6 Å². The predicted octanol–water partition coefficient (Wildman–Crippen LogP) is 3.14.